The van der Waals surface area contributed by atoms with Gasteiger partial charge in [-0.2, -0.15) is 0 Å². The first kappa shape index (κ1) is 14.9. The van der Waals surface area contributed by atoms with E-state index < -0.39 is 6.10 Å². The van der Waals surface area contributed by atoms with Crippen LogP contribution in [0, 0.1) is 0 Å². The Kier molecular flexibility index (Phi) is 4.08. The maximum absolute atomic E-state index is 12.3. The summed E-state index contributed by atoms with van der Waals surface area (Å²) in [6.07, 6.45) is 0.0458. The van der Waals surface area contributed by atoms with Crippen LogP contribution in [0.5, 0.6) is 5.75 Å². The van der Waals surface area contributed by atoms with E-state index in [9.17, 15) is 4.79 Å². The molecule has 2 aromatic carbocycles. The molecular formula is C18H18ClNO2. The maximum atomic E-state index is 12.3. The fourth-order valence-corrected chi connectivity index (χ4v) is 2.73. The van der Waals surface area contributed by atoms with Crippen molar-refractivity contribution in [1.82, 2.24) is 0 Å². The van der Waals surface area contributed by atoms with Gasteiger partial charge in [0.2, 0.25) is 0 Å². The molecule has 0 spiro atoms. The maximum Gasteiger partial charge on any atom is 0.265 e. The van der Waals surface area contributed by atoms with Gasteiger partial charge in [-0.05, 0) is 47.4 Å². The molecule has 1 heterocycles. The highest BCUT2D eigenvalue weighted by atomic mass is 35.5. The zero-order valence-electron chi connectivity index (χ0n) is 12.6. The van der Waals surface area contributed by atoms with Crippen molar-refractivity contribution >= 4 is 23.2 Å². The second-order valence-corrected chi connectivity index (χ2v) is 6.27. The Morgan fingerprint density at radius 3 is 2.64 bits per heavy atom. The number of halogens is 1. The van der Waals surface area contributed by atoms with E-state index in [2.05, 4.69) is 19.2 Å². The van der Waals surface area contributed by atoms with E-state index in [0.29, 0.717) is 17.4 Å². The normalized spacial score (nSPS) is 16.3. The second kappa shape index (κ2) is 6.01. The summed E-state index contributed by atoms with van der Waals surface area (Å²) >= 11 is 5.96. The standard InChI is InChI=1S/C18H18ClNO2/c1-11(2)12-3-6-15(7-4-12)20-18(21)17-10-13-9-14(19)5-8-16(13)22-17/h3-9,11,17H,10H2,1-2H3,(H,20,21). The first-order chi connectivity index (χ1) is 10.5. The molecule has 22 heavy (non-hydrogen) atoms. The van der Waals surface area contributed by atoms with Gasteiger partial charge in [-0.1, -0.05) is 37.6 Å². The minimum atomic E-state index is -0.502. The molecular weight excluding hydrogens is 298 g/mol. The lowest BCUT2D eigenvalue weighted by Crippen LogP contribution is -2.31. The third-order valence-electron chi connectivity index (χ3n) is 3.83. The van der Waals surface area contributed by atoms with Gasteiger partial charge in [-0.15, -0.1) is 0 Å². The van der Waals surface area contributed by atoms with Crippen LogP contribution in [-0.4, -0.2) is 12.0 Å². The third kappa shape index (κ3) is 3.09. The van der Waals surface area contributed by atoms with Gasteiger partial charge in [0, 0.05) is 17.1 Å². The number of rotatable bonds is 3. The van der Waals surface area contributed by atoms with E-state index in [-0.39, 0.29) is 5.91 Å². The number of hydrogen-bond acceptors (Lipinski definition) is 2. The van der Waals surface area contributed by atoms with Crippen LogP contribution in [0.1, 0.15) is 30.9 Å². The minimum absolute atomic E-state index is 0.135. The lowest BCUT2D eigenvalue weighted by molar-refractivity contribution is -0.122. The first-order valence-corrected chi connectivity index (χ1v) is 7.76. The molecule has 114 valence electrons. The zero-order valence-corrected chi connectivity index (χ0v) is 13.4. The van der Waals surface area contributed by atoms with Crippen molar-refractivity contribution in [3.05, 3.63) is 58.6 Å². The topological polar surface area (TPSA) is 38.3 Å². The predicted octanol–water partition coefficient (Wildman–Crippen LogP) is 4.41. The van der Waals surface area contributed by atoms with E-state index in [1.807, 2.05) is 36.4 Å². The van der Waals surface area contributed by atoms with Crippen LogP contribution in [0.2, 0.25) is 5.02 Å². The lowest BCUT2D eigenvalue weighted by Gasteiger charge is -2.12. The average molecular weight is 316 g/mol. The Morgan fingerprint density at radius 2 is 1.95 bits per heavy atom. The molecule has 3 nitrogen and oxygen atoms in total. The molecule has 2 aromatic rings. The van der Waals surface area contributed by atoms with Crippen LogP contribution in [-0.2, 0) is 11.2 Å². The summed E-state index contributed by atoms with van der Waals surface area (Å²) in [4.78, 5) is 12.3. The van der Waals surface area contributed by atoms with Crippen LogP contribution in [0.3, 0.4) is 0 Å². The minimum Gasteiger partial charge on any atom is -0.480 e. The summed E-state index contributed by atoms with van der Waals surface area (Å²) in [6.45, 7) is 4.28. The number of fused-ring (bicyclic) bond motifs is 1. The number of anilines is 1. The van der Waals surface area contributed by atoms with E-state index >= 15 is 0 Å². The van der Waals surface area contributed by atoms with E-state index in [1.165, 1.54) is 5.56 Å². The lowest BCUT2D eigenvalue weighted by atomic mass is 10.0. The molecule has 4 heteroatoms. The Morgan fingerprint density at radius 1 is 1.23 bits per heavy atom. The number of amides is 1. The number of ether oxygens (including phenoxy) is 1. The van der Waals surface area contributed by atoms with Gasteiger partial charge in [0.05, 0.1) is 0 Å². The van der Waals surface area contributed by atoms with Gasteiger partial charge >= 0.3 is 0 Å². The van der Waals surface area contributed by atoms with E-state index in [1.54, 1.807) is 6.07 Å². The van der Waals surface area contributed by atoms with Gasteiger partial charge in [0.15, 0.2) is 6.10 Å². The van der Waals surface area contributed by atoms with Crippen LogP contribution in [0.4, 0.5) is 5.69 Å². The molecule has 0 aliphatic carbocycles. The largest absolute Gasteiger partial charge is 0.480 e. The molecule has 0 bridgehead atoms. The molecule has 1 N–H and O–H groups in total. The number of benzene rings is 2. The quantitative estimate of drug-likeness (QED) is 0.911. The fraction of sp³-hybridized carbons (Fsp3) is 0.278. The zero-order chi connectivity index (χ0) is 15.7. The van der Waals surface area contributed by atoms with Crippen LogP contribution in [0.25, 0.3) is 0 Å². The monoisotopic (exact) mass is 315 g/mol. The Balaban J connectivity index is 1.66. The summed E-state index contributed by atoms with van der Waals surface area (Å²) in [7, 11) is 0. The van der Waals surface area contributed by atoms with Crippen molar-refractivity contribution < 1.29 is 9.53 Å². The Labute approximate surface area is 135 Å². The highest BCUT2D eigenvalue weighted by molar-refractivity contribution is 6.30. The first-order valence-electron chi connectivity index (χ1n) is 7.39. The summed E-state index contributed by atoms with van der Waals surface area (Å²) < 4.78 is 5.69. The number of nitrogens with one attached hydrogen (secondary N) is 1. The van der Waals surface area contributed by atoms with Crippen molar-refractivity contribution in [2.45, 2.75) is 32.3 Å². The smallest absolute Gasteiger partial charge is 0.265 e. The Bertz CT molecular complexity index is 695. The average Bonchev–Trinajstić information content (AvgIpc) is 2.91. The van der Waals surface area contributed by atoms with Crippen molar-refractivity contribution in [2.75, 3.05) is 5.32 Å². The van der Waals surface area contributed by atoms with E-state index in [0.717, 1.165) is 17.0 Å². The molecule has 0 fully saturated rings. The Hall–Kier alpha value is -2.00. The summed E-state index contributed by atoms with van der Waals surface area (Å²) in [6, 6.07) is 13.3. The van der Waals surface area contributed by atoms with Gasteiger partial charge in [0.25, 0.3) is 5.91 Å². The highest BCUT2D eigenvalue weighted by Gasteiger charge is 2.29. The molecule has 0 saturated carbocycles. The number of carbonyl (C=O) groups is 1. The van der Waals surface area contributed by atoms with E-state index in [4.69, 9.17) is 16.3 Å². The fourth-order valence-electron chi connectivity index (χ4n) is 2.54. The van der Waals surface area contributed by atoms with Gasteiger partial charge in [0.1, 0.15) is 5.75 Å². The molecule has 0 radical (unpaired) electrons. The summed E-state index contributed by atoms with van der Waals surface area (Å²) in [5.41, 5.74) is 3.01. The molecule has 1 unspecified atom stereocenters. The van der Waals surface area contributed by atoms with Gasteiger partial charge < -0.3 is 10.1 Å². The highest BCUT2D eigenvalue weighted by Crippen LogP contribution is 2.31. The van der Waals surface area contributed by atoms with Gasteiger partial charge in [-0.3, -0.25) is 4.79 Å². The van der Waals surface area contributed by atoms with Gasteiger partial charge in [-0.25, -0.2) is 0 Å². The molecule has 3 rings (SSSR count). The van der Waals surface area contributed by atoms with Crippen molar-refractivity contribution in [1.29, 1.82) is 0 Å². The molecule has 1 atom stereocenters. The summed E-state index contributed by atoms with van der Waals surface area (Å²) in [5, 5.41) is 3.56. The molecule has 1 aliphatic heterocycles. The van der Waals surface area contributed by atoms with Crippen LogP contribution < -0.4 is 10.1 Å². The van der Waals surface area contributed by atoms with Crippen LogP contribution in [0.15, 0.2) is 42.5 Å². The molecule has 1 aliphatic rings. The SMILES string of the molecule is CC(C)c1ccc(NC(=O)C2Cc3cc(Cl)ccc3O2)cc1. The molecule has 1 amide bonds. The number of hydrogen-bond donors (Lipinski definition) is 1. The summed E-state index contributed by atoms with van der Waals surface area (Å²) in [5.74, 6) is 1.08. The van der Waals surface area contributed by atoms with Crippen molar-refractivity contribution in [2.24, 2.45) is 0 Å². The van der Waals surface area contributed by atoms with Crippen molar-refractivity contribution in [3.63, 3.8) is 0 Å². The molecule has 0 saturated heterocycles. The van der Waals surface area contributed by atoms with Crippen LogP contribution >= 0.6 is 11.6 Å². The van der Waals surface area contributed by atoms with Crippen molar-refractivity contribution in [3.8, 4) is 5.75 Å². The number of carbonyl (C=O) groups excluding carboxylic acids is 1. The predicted molar refractivity (Wildman–Crippen MR) is 88.7 cm³/mol. The third-order valence-corrected chi connectivity index (χ3v) is 4.07. The molecule has 0 aromatic heterocycles. The second-order valence-electron chi connectivity index (χ2n) is 5.83.